The van der Waals surface area contributed by atoms with Crippen LogP contribution >= 0.6 is 0 Å². The molecule has 22 heavy (non-hydrogen) atoms. The summed E-state index contributed by atoms with van der Waals surface area (Å²) < 4.78 is 20.0. The van der Waals surface area contributed by atoms with Crippen molar-refractivity contribution in [2.45, 2.75) is 33.8 Å². The van der Waals surface area contributed by atoms with Gasteiger partial charge >= 0.3 is 11.9 Å². The van der Waals surface area contributed by atoms with E-state index < -0.39 is 11.9 Å². The third-order valence-electron chi connectivity index (χ3n) is 3.22. The highest BCUT2D eigenvalue weighted by Crippen LogP contribution is 2.17. The maximum Gasteiger partial charge on any atom is 0.374 e. The summed E-state index contributed by atoms with van der Waals surface area (Å²) in [6.45, 7) is 5.16. The first-order valence-electron chi connectivity index (χ1n) is 6.67. The highest BCUT2D eigenvalue weighted by atomic mass is 16.6. The molecule has 0 atom stereocenters. The number of nitrogens with zero attached hydrogens (tertiary/aromatic N) is 1. The monoisotopic (exact) mass is 307 g/mol. The zero-order valence-corrected chi connectivity index (χ0v) is 12.9. The maximum atomic E-state index is 11.8. The molecule has 0 saturated heterocycles. The molecule has 7 nitrogen and oxygen atoms in total. The van der Waals surface area contributed by atoms with E-state index in [9.17, 15) is 9.59 Å². The number of carbonyl (C=O) groups is 2. The molecular weight excluding hydrogens is 290 g/mol. The van der Waals surface area contributed by atoms with Crippen LogP contribution in [0.1, 0.15) is 38.9 Å². The van der Waals surface area contributed by atoms with Gasteiger partial charge in [-0.1, -0.05) is 5.16 Å². The van der Waals surface area contributed by atoms with Gasteiger partial charge in [0.25, 0.3) is 0 Å². The molecular formula is C15H17NO6. The number of furan rings is 1. The fraction of sp³-hybridized carbons (Fsp3) is 0.400. The SMILES string of the molecule is COC(=O)c1oc(COC(=O)Cc2c(C)noc2C)cc1C. The number of rotatable bonds is 5. The van der Waals surface area contributed by atoms with Gasteiger partial charge in [-0.15, -0.1) is 0 Å². The lowest BCUT2D eigenvalue weighted by atomic mass is 10.1. The van der Waals surface area contributed by atoms with Gasteiger partial charge < -0.3 is 18.4 Å². The van der Waals surface area contributed by atoms with Crippen molar-refractivity contribution in [3.05, 3.63) is 40.2 Å². The van der Waals surface area contributed by atoms with Gasteiger partial charge in [0, 0.05) is 11.1 Å². The fourth-order valence-electron chi connectivity index (χ4n) is 2.02. The zero-order chi connectivity index (χ0) is 16.3. The summed E-state index contributed by atoms with van der Waals surface area (Å²) in [5.41, 5.74) is 2.01. The van der Waals surface area contributed by atoms with Gasteiger partial charge in [0.2, 0.25) is 5.76 Å². The van der Waals surface area contributed by atoms with Crippen LogP contribution in [0.15, 0.2) is 15.0 Å². The standard InChI is InChI=1S/C15H17NO6/c1-8-5-11(21-14(8)15(18)19-4)7-20-13(17)6-12-9(2)16-22-10(12)3/h5H,6-7H2,1-4H3. The molecule has 0 saturated carbocycles. The molecule has 0 spiro atoms. The second-order valence-electron chi connectivity index (χ2n) is 4.86. The molecule has 7 heteroatoms. The first-order chi connectivity index (χ1) is 10.4. The van der Waals surface area contributed by atoms with Crippen molar-refractivity contribution in [1.29, 1.82) is 0 Å². The average Bonchev–Trinajstić information content (AvgIpc) is 3.01. The highest BCUT2D eigenvalue weighted by molar-refractivity contribution is 5.87. The fourth-order valence-corrected chi connectivity index (χ4v) is 2.02. The van der Waals surface area contributed by atoms with Gasteiger partial charge in [-0.3, -0.25) is 4.79 Å². The van der Waals surface area contributed by atoms with Gasteiger partial charge in [-0.2, -0.15) is 0 Å². The van der Waals surface area contributed by atoms with Crippen LogP contribution in [-0.2, 0) is 27.3 Å². The molecule has 0 aliphatic carbocycles. The molecule has 0 unspecified atom stereocenters. The second-order valence-corrected chi connectivity index (χ2v) is 4.86. The number of hydrogen-bond donors (Lipinski definition) is 0. The van der Waals surface area contributed by atoms with E-state index in [4.69, 9.17) is 13.7 Å². The van der Waals surface area contributed by atoms with Crippen molar-refractivity contribution < 1.29 is 28.0 Å². The minimum absolute atomic E-state index is 0.0555. The van der Waals surface area contributed by atoms with Crippen molar-refractivity contribution in [3.8, 4) is 0 Å². The molecule has 0 aliphatic heterocycles. The Kier molecular flexibility index (Phi) is 4.65. The Morgan fingerprint density at radius 3 is 2.59 bits per heavy atom. The number of methoxy groups -OCH3 is 1. The predicted molar refractivity (Wildman–Crippen MR) is 74.3 cm³/mol. The molecule has 2 aromatic rings. The molecule has 0 amide bonds. The molecule has 2 rings (SSSR count). The third-order valence-corrected chi connectivity index (χ3v) is 3.22. The minimum atomic E-state index is -0.564. The molecule has 0 N–H and O–H groups in total. The van der Waals surface area contributed by atoms with Crippen LogP contribution in [0.5, 0.6) is 0 Å². The summed E-state index contributed by atoms with van der Waals surface area (Å²) in [5.74, 6) is 0.0921. The molecule has 2 heterocycles. The summed E-state index contributed by atoms with van der Waals surface area (Å²) in [6, 6.07) is 1.63. The number of carbonyl (C=O) groups excluding carboxylic acids is 2. The molecule has 0 aromatic carbocycles. The summed E-state index contributed by atoms with van der Waals surface area (Å²) in [6.07, 6.45) is 0.0741. The van der Waals surface area contributed by atoms with E-state index in [2.05, 4.69) is 9.89 Å². The number of esters is 2. The van der Waals surface area contributed by atoms with E-state index in [0.29, 0.717) is 22.8 Å². The van der Waals surface area contributed by atoms with Gasteiger partial charge in [-0.25, -0.2) is 4.79 Å². The molecule has 0 fully saturated rings. The van der Waals surface area contributed by atoms with Crippen LogP contribution in [0, 0.1) is 20.8 Å². The number of aromatic nitrogens is 1. The van der Waals surface area contributed by atoms with E-state index in [-0.39, 0.29) is 18.8 Å². The number of ether oxygens (including phenoxy) is 2. The zero-order valence-electron chi connectivity index (χ0n) is 12.9. The first kappa shape index (κ1) is 15.8. The normalized spacial score (nSPS) is 10.5. The predicted octanol–water partition coefficient (Wildman–Crippen LogP) is 2.27. The summed E-state index contributed by atoms with van der Waals surface area (Å²) >= 11 is 0. The molecule has 118 valence electrons. The van der Waals surface area contributed by atoms with Crippen molar-refractivity contribution in [2.75, 3.05) is 7.11 Å². The lowest BCUT2D eigenvalue weighted by Gasteiger charge is -2.02. The Morgan fingerprint density at radius 1 is 1.27 bits per heavy atom. The molecule has 0 aliphatic rings. The first-order valence-corrected chi connectivity index (χ1v) is 6.67. The average molecular weight is 307 g/mol. The van der Waals surface area contributed by atoms with Gasteiger partial charge in [0.05, 0.1) is 19.2 Å². The van der Waals surface area contributed by atoms with E-state index in [1.807, 2.05) is 0 Å². The lowest BCUT2D eigenvalue weighted by molar-refractivity contribution is -0.144. The van der Waals surface area contributed by atoms with Gasteiger partial charge in [0.15, 0.2) is 0 Å². The van der Waals surface area contributed by atoms with Crippen molar-refractivity contribution in [1.82, 2.24) is 5.16 Å². The Labute approximate surface area is 127 Å². The summed E-state index contributed by atoms with van der Waals surface area (Å²) in [4.78, 5) is 23.3. The Hall–Kier alpha value is -2.57. The smallest absolute Gasteiger partial charge is 0.374 e. The number of aryl methyl sites for hydroxylation is 3. The van der Waals surface area contributed by atoms with E-state index >= 15 is 0 Å². The summed E-state index contributed by atoms with van der Waals surface area (Å²) in [5, 5.41) is 3.78. The van der Waals surface area contributed by atoms with Crippen LogP contribution in [0.3, 0.4) is 0 Å². The number of hydrogen-bond acceptors (Lipinski definition) is 7. The van der Waals surface area contributed by atoms with Crippen molar-refractivity contribution >= 4 is 11.9 Å². The highest BCUT2D eigenvalue weighted by Gasteiger charge is 2.18. The van der Waals surface area contributed by atoms with E-state index in [0.717, 1.165) is 5.56 Å². The largest absolute Gasteiger partial charge is 0.463 e. The Bertz CT molecular complexity index is 677. The van der Waals surface area contributed by atoms with Gasteiger partial charge in [0.1, 0.15) is 18.1 Å². The van der Waals surface area contributed by atoms with E-state index in [1.54, 1.807) is 26.8 Å². The van der Waals surface area contributed by atoms with E-state index in [1.165, 1.54) is 7.11 Å². The second kappa shape index (κ2) is 6.46. The topological polar surface area (TPSA) is 91.8 Å². The van der Waals surface area contributed by atoms with Crippen LogP contribution in [-0.4, -0.2) is 24.2 Å². The minimum Gasteiger partial charge on any atom is -0.463 e. The molecule has 0 radical (unpaired) electrons. The third kappa shape index (κ3) is 3.36. The summed E-state index contributed by atoms with van der Waals surface area (Å²) in [7, 11) is 1.27. The van der Waals surface area contributed by atoms with Crippen molar-refractivity contribution in [2.24, 2.45) is 0 Å². The van der Waals surface area contributed by atoms with Crippen LogP contribution in [0.4, 0.5) is 0 Å². The molecule has 0 bridgehead atoms. The Balaban J connectivity index is 1.96. The van der Waals surface area contributed by atoms with Crippen LogP contribution in [0.2, 0.25) is 0 Å². The maximum absolute atomic E-state index is 11.8. The van der Waals surface area contributed by atoms with Gasteiger partial charge in [-0.05, 0) is 26.8 Å². The van der Waals surface area contributed by atoms with Crippen LogP contribution in [0.25, 0.3) is 0 Å². The van der Waals surface area contributed by atoms with Crippen molar-refractivity contribution in [3.63, 3.8) is 0 Å². The Morgan fingerprint density at radius 2 is 2.00 bits per heavy atom. The quantitative estimate of drug-likeness (QED) is 0.782. The lowest BCUT2D eigenvalue weighted by Crippen LogP contribution is -2.09. The molecule has 2 aromatic heterocycles. The van der Waals surface area contributed by atoms with Crippen LogP contribution < -0.4 is 0 Å².